The number of aliphatic hydroxyl groups is 1. The molecule has 2 N–H and O–H groups in total. The standard InChI is InChI=1S/C15H21NO4/c17-10-13-3-1-12(2-4-13)9-16-7-5-14(6-8-16)20-11-15(18)19/h1-4,14,17H,5-11H2,(H,18,19). The first-order chi connectivity index (χ1) is 9.67. The van der Waals surface area contributed by atoms with Crippen LogP contribution in [0.2, 0.25) is 0 Å². The van der Waals surface area contributed by atoms with E-state index in [0.717, 1.165) is 38.0 Å². The number of aliphatic hydroxyl groups excluding tert-OH is 1. The second-order valence-electron chi connectivity index (χ2n) is 5.15. The SMILES string of the molecule is O=C(O)COC1CCN(Cc2ccc(CO)cc2)CC1. The summed E-state index contributed by atoms with van der Waals surface area (Å²) in [7, 11) is 0. The van der Waals surface area contributed by atoms with Crippen LogP contribution in [0.3, 0.4) is 0 Å². The number of hydrogen-bond acceptors (Lipinski definition) is 4. The summed E-state index contributed by atoms with van der Waals surface area (Å²) in [6.07, 6.45) is 1.82. The highest BCUT2D eigenvalue weighted by atomic mass is 16.5. The zero-order chi connectivity index (χ0) is 14.4. The lowest BCUT2D eigenvalue weighted by molar-refractivity contribution is -0.145. The number of nitrogens with zero attached hydrogens (tertiary/aromatic N) is 1. The molecule has 1 aromatic carbocycles. The minimum atomic E-state index is -0.906. The third-order valence-corrected chi connectivity index (χ3v) is 3.59. The topological polar surface area (TPSA) is 70.0 Å². The van der Waals surface area contributed by atoms with Crippen molar-refractivity contribution in [2.45, 2.75) is 32.1 Å². The summed E-state index contributed by atoms with van der Waals surface area (Å²) in [6, 6.07) is 7.97. The smallest absolute Gasteiger partial charge is 0.329 e. The number of hydrogen-bond donors (Lipinski definition) is 2. The molecule has 0 spiro atoms. The van der Waals surface area contributed by atoms with Crippen LogP contribution in [0.15, 0.2) is 24.3 Å². The van der Waals surface area contributed by atoms with Crippen molar-refractivity contribution in [1.82, 2.24) is 4.90 Å². The van der Waals surface area contributed by atoms with Crippen molar-refractivity contribution in [2.75, 3.05) is 19.7 Å². The summed E-state index contributed by atoms with van der Waals surface area (Å²) in [6.45, 7) is 2.61. The number of piperidine rings is 1. The van der Waals surface area contributed by atoms with Gasteiger partial charge in [0.15, 0.2) is 0 Å². The Morgan fingerprint density at radius 3 is 2.35 bits per heavy atom. The van der Waals surface area contributed by atoms with E-state index in [4.69, 9.17) is 14.9 Å². The highest BCUT2D eigenvalue weighted by Gasteiger charge is 2.20. The van der Waals surface area contributed by atoms with E-state index >= 15 is 0 Å². The number of likely N-dealkylation sites (tertiary alicyclic amines) is 1. The Morgan fingerprint density at radius 1 is 1.20 bits per heavy atom. The van der Waals surface area contributed by atoms with Gasteiger partial charge in [0.25, 0.3) is 0 Å². The number of carboxylic acids is 1. The monoisotopic (exact) mass is 279 g/mol. The summed E-state index contributed by atoms with van der Waals surface area (Å²) in [4.78, 5) is 12.8. The van der Waals surface area contributed by atoms with Crippen molar-refractivity contribution in [3.63, 3.8) is 0 Å². The van der Waals surface area contributed by atoms with Crippen LogP contribution in [-0.4, -0.2) is 46.9 Å². The van der Waals surface area contributed by atoms with Gasteiger partial charge in [0.05, 0.1) is 12.7 Å². The maximum atomic E-state index is 10.4. The zero-order valence-electron chi connectivity index (χ0n) is 11.5. The van der Waals surface area contributed by atoms with Crippen molar-refractivity contribution in [3.05, 3.63) is 35.4 Å². The van der Waals surface area contributed by atoms with Gasteiger partial charge >= 0.3 is 5.97 Å². The highest BCUT2D eigenvalue weighted by Crippen LogP contribution is 2.16. The Bertz CT molecular complexity index is 424. The van der Waals surface area contributed by atoms with Gasteiger partial charge in [-0.3, -0.25) is 4.90 Å². The van der Waals surface area contributed by atoms with E-state index in [1.807, 2.05) is 24.3 Å². The van der Waals surface area contributed by atoms with Crippen LogP contribution in [0.25, 0.3) is 0 Å². The Kier molecular flexibility index (Phi) is 5.52. The van der Waals surface area contributed by atoms with Gasteiger partial charge in [0.1, 0.15) is 6.61 Å². The van der Waals surface area contributed by atoms with Crippen LogP contribution in [0.5, 0.6) is 0 Å². The molecule has 20 heavy (non-hydrogen) atoms. The minimum absolute atomic E-state index is 0.0686. The lowest BCUT2D eigenvalue weighted by Crippen LogP contribution is -2.37. The van der Waals surface area contributed by atoms with Crippen LogP contribution in [0, 0.1) is 0 Å². The number of aliphatic carboxylic acids is 1. The molecule has 5 nitrogen and oxygen atoms in total. The fourth-order valence-electron chi connectivity index (χ4n) is 2.43. The maximum Gasteiger partial charge on any atom is 0.329 e. The van der Waals surface area contributed by atoms with E-state index in [1.54, 1.807) is 0 Å². The molecule has 0 aromatic heterocycles. The lowest BCUT2D eigenvalue weighted by Gasteiger charge is -2.31. The number of ether oxygens (including phenoxy) is 1. The molecular weight excluding hydrogens is 258 g/mol. The molecule has 0 unspecified atom stereocenters. The predicted octanol–water partition coefficient (Wildman–Crippen LogP) is 1.24. The molecule has 2 rings (SSSR count). The van der Waals surface area contributed by atoms with Gasteiger partial charge in [-0.2, -0.15) is 0 Å². The van der Waals surface area contributed by atoms with Gasteiger partial charge in [0, 0.05) is 19.6 Å². The fourth-order valence-corrected chi connectivity index (χ4v) is 2.43. The van der Waals surface area contributed by atoms with Gasteiger partial charge in [0.2, 0.25) is 0 Å². The molecule has 1 heterocycles. The van der Waals surface area contributed by atoms with Gasteiger partial charge in [-0.15, -0.1) is 0 Å². The van der Waals surface area contributed by atoms with E-state index in [2.05, 4.69) is 4.90 Å². The third kappa shape index (κ3) is 4.59. The molecular formula is C15H21NO4. The first-order valence-corrected chi connectivity index (χ1v) is 6.92. The molecule has 110 valence electrons. The van der Waals surface area contributed by atoms with Gasteiger partial charge < -0.3 is 14.9 Å². The minimum Gasteiger partial charge on any atom is -0.480 e. The van der Waals surface area contributed by atoms with E-state index in [1.165, 1.54) is 5.56 Å². The summed E-state index contributed by atoms with van der Waals surface area (Å²) in [5.74, 6) is -0.906. The van der Waals surface area contributed by atoms with Crippen molar-refractivity contribution in [2.24, 2.45) is 0 Å². The average Bonchev–Trinajstić information content (AvgIpc) is 2.47. The molecule has 0 aliphatic carbocycles. The Hall–Kier alpha value is -1.43. The molecule has 1 fully saturated rings. The van der Waals surface area contributed by atoms with Gasteiger partial charge in [-0.05, 0) is 24.0 Å². The zero-order valence-corrected chi connectivity index (χ0v) is 11.5. The second-order valence-corrected chi connectivity index (χ2v) is 5.15. The molecule has 0 radical (unpaired) electrons. The summed E-state index contributed by atoms with van der Waals surface area (Å²) in [5.41, 5.74) is 2.15. The number of rotatable bonds is 6. The van der Waals surface area contributed by atoms with Crippen LogP contribution < -0.4 is 0 Å². The van der Waals surface area contributed by atoms with Crippen LogP contribution in [-0.2, 0) is 22.7 Å². The molecule has 5 heteroatoms. The van der Waals surface area contributed by atoms with Crippen LogP contribution in [0.4, 0.5) is 0 Å². The Labute approximate surface area is 118 Å². The Morgan fingerprint density at radius 2 is 1.80 bits per heavy atom. The van der Waals surface area contributed by atoms with Crippen LogP contribution >= 0.6 is 0 Å². The van der Waals surface area contributed by atoms with Crippen molar-refractivity contribution in [3.8, 4) is 0 Å². The molecule has 1 aliphatic heterocycles. The Balaban J connectivity index is 1.74. The maximum absolute atomic E-state index is 10.4. The lowest BCUT2D eigenvalue weighted by atomic mass is 10.1. The molecule has 0 atom stereocenters. The summed E-state index contributed by atoms with van der Waals surface area (Å²) >= 11 is 0. The molecule has 1 aromatic rings. The third-order valence-electron chi connectivity index (χ3n) is 3.59. The summed E-state index contributed by atoms with van der Waals surface area (Å²) < 4.78 is 5.32. The van der Waals surface area contributed by atoms with E-state index < -0.39 is 5.97 Å². The second kappa shape index (κ2) is 7.38. The first-order valence-electron chi connectivity index (χ1n) is 6.92. The average molecular weight is 279 g/mol. The fraction of sp³-hybridized carbons (Fsp3) is 0.533. The van der Waals surface area contributed by atoms with Crippen molar-refractivity contribution in [1.29, 1.82) is 0 Å². The van der Waals surface area contributed by atoms with E-state index in [0.29, 0.717) is 0 Å². The molecule has 1 aliphatic rings. The first kappa shape index (κ1) is 15.0. The number of carboxylic acid groups (broad SMARTS) is 1. The number of benzene rings is 1. The molecule has 0 bridgehead atoms. The number of carbonyl (C=O) groups is 1. The normalized spacial score (nSPS) is 17.2. The largest absolute Gasteiger partial charge is 0.480 e. The van der Waals surface area contributed by atoms with E-state index in [9.17, 15) is 4.79 Å². The predicted molar refractivity (Wildman–Crippen MR) is 74.3 cm³/mol. The quantitative estimate of drug-likeness (QED) is 0.820. The molecule has 0 amide bonds. The van der Waals surface area contributed by atoms with Gasteiger partial charge in [-0.1, -0.05) is 24.3 Å². The molecule has 1 saturated heterocycles. The van der Waals surface area contributed by atoms with Crippen molar-refractivity contribution < 1.29 is 19.7 Å². The van der Waals surface area contributed by atoms with Crippen molar-refractivity contribution >= 4 is 5.97 Å². The van der Waals surface area contributed by atoms with Crippen LogP contribution in [0.1, 0.15) is 24.0 Å². The highest BCUT2D eigenvalue weighted by molar-refractivity contribution is 5.68. The van der Waals surface area contributed by atoms with E-state index in [-0.39, 0.29) is 19.3 Å². The van der Waals surface area contributed by atoms with Gasteiger partial charge in [-0.25, -0.2) is 4.79 Å². The summed E-state index contributed by atoms with van der Waals surface area (Å²) in [5, 5.41) is 17.6. The molecule has 0 saturated carbocycles.